The van der Waals surface area contributed by atoms with Crippen molar-refractivity contribution in [1.82, 2.24) is 4.90 Å². The molecule has 0 radical (unpaired) electrons. The fourth-order valence-corrected chi connectivity index (χ4v) is 2.03. The highest BCUT2D eigenvalue weighted by Gasteiger charge is 2.03. The third kappa shape index (κ3) is 6.44. The summed E-state index contributed by atoms with van der Waals surface area (Å²) in [5, 5.41) is 0. The highest BCUT2D eigenvalue weighted by atomic mass is 15.0. The predicted octanol–water partition coefficient (Wildman–Crippen LogP) is 2.60. The molecule has 2 heteroatoms. The number of hydrogen-bond donors (Lipinski definition) is 1. The van der Waals surface area contributed by atoms with Gasteiger partial charge in [-0.05, 0) is 58.8 Å². The maximum absolute atomic E-state index is 6.13. The predicted molar refractivity (Wildman–Crippen MR) is 75.3 cm³/mol. The van der Waals surface area contributed by atoms with Crippen molar-refractivity contribution in [2.45, 2.75) is 38.6 Å². The van der Waals surface area contributed by atoms with Crippen molar-refractivity contribution < 1.29 is 0 Å². The van der Waals surface area contributed by atoms with E-state index in [9.17, 15) is 0 Å². The fourth-order valence-electron chi connectivity index (χ4n) is 2.03. The molecule has 0 amide bonds. The standard InChI is InChI=1S/C15H26N2/c1-13-6-4-7-14(12-13)9-10-15(16)8-5-11-17(2)3/h4,6-7,12,15H,5,8-11,16H2,1-3H3. The van der Waals surface area contributed by atoms with E-state index in [-0.39, 0.29) is 0 Å². The topological polar surface area (TPSA) is 29.3 Å². The number of hydrogen-bond acceptors (Lipinski definition) is 2. The zero-order chi connectivity index (χ0) is 12.7. The minimum atomic E-state index is 0.343. The van der Waals surface area contributed by atoms with Gasteiger partial charge in [-0.15, -0.1) is 0 Å². The van der Waals surface area contributed by atoms with Gasteiger partial charge in [0, 0.05) is 6.04 Å². The van der Waals surface area contributed by atoms with Crippen LogP contribution in [0.2, 0.25) is 0 Å². The summed E-state index contributed by atoms with van der Waals surface area (Å²) in [5.74, 6) is 0. The van der Waals surface area contributed by atoms with Gasteiger partial charge >= 0.3 is 0 Å². The minimum absolute atomic E-state index is 0.343. The van der Waals surface area contributed by atoms with Crippen LogP contribution in [-0.4, -0.2) is 31.6 Å². The molecule has 1 rings (SSSR count). The summed E-state index contributed by atoms with van der Waals surface area (Å²) in [7, 11) is 4.22. The molecule has 17 heavy (non-hydrogen) atoms. The Kier molecular flexibility index (Phi) is 6.23. The SMILES string of the molecule is Cc1cccc(CCC(N)CCCN(C)C)c1. The first-order valence-electron chi connectivity index (χ1n) is 6.54. The summed E-state index contributed by atoms with van der Waals surface area (Å²) in [5.41, 5.74) is 8.87. The molecule has 0 aliphatic heterocycles. The second-order valence-corrected chi connectivity index (χ2v) is 5.23. The highest BCUT2D eigenvalue weighted by molar-refractivity contribution is 5.22. The fraction of sp³-hybridized carbons (Fsp3) is 0.600. The molecule has 1 atom stereocenters. The van der Waals surface area contributed by atoms with E-state index in [0.29, 0.717) is 6.04 Å². The summed E-state index contributed by atoms with van der Waals surface area (Å²) in [6.45, 7) is 3.28. The van der Waals surface area contributed by atoms with Gasteiger partial charge in [-0.2, -0.15) is 0 Å². The van der Waals surface area contributed by atoms with Crippen LogP contribution in [0.25, 0.3) is 0 Å². The first-order valence-corrected chi connectivity index (χ1v) is 6.54. The average Bonchev–Trinajstić information content (AvgIpc) is 2.26. The van der Waals surface area contributed by atoms with Crippen LogP contribution < -0.4 is 5.73 Å². The van der Waals surface area contributed by atoms with Crippen LogP contribution in [0.1, 0.15) is 30.4 Å². The zero-order valence-corrected chi connectivity index (χ0v) is 11.4. The molecule has 0 aliphatic carbocycles. The van der Waals surface area contributed by atoms with Crippen LogP contribution in [0.3, 0.4) is 0 Å². The molecule has 0 fully saturated rings. The molecule has 0 spiro atoms. The van der Waals surface area contributed by atoms with E-state index in [4.69, 9.17) is 5.73 Å². The van der Waals surface area contributed by atoms with Crippen molar-refractivity contribution in [3.63, 3.8) is 0 Å². The molecule has 0 saturated carbocycles. The Labute approximate surface area is 106 Å². The van der Waals surface area contributed by atoms with Gasteiger partial charge in [0.05, 0.1) is 0 Å². The molecular formula is C15H26N2. The Bertz CT molecular complexity index is 320. The molecule has 2 nitrogen and oxygen atoms in total. The van der Waals surface area contributed by atoms with Crippen LogP contribution in [0.4, 0.5) is 0 Å². The van der Waals surface area contributed by atoms with E-state index in [0.717, 1.165) is 25.8 Å². The molecule has 0 aromatic heterocycles. The third-order valence-corrected chi connectivity index (χ3v) is 3.07. The van der Waals surface area contributed by atoms with Crippen molar-refractivity contribution in [1.29, 1.82) is 0 Å². The number of aryl methyl sites for hydroxylation is 2. The van der Waals surface area contributed by atoms with Gasteiger partial charge in [0.1, 0.15) is 0 Å². The van der Waals surface area contributed by atoms with Gasteiger partial charge in [-0.25, -0.2) is 0 Å². The van der Waals surface area contributed by atoms with Gasteiger partial charge < -0.3 is 10.6 Å². The summed E-state index contributed by atoms with van der Waals surface area (Å²) in [6, 6.07) is 9.06. The Morgan fingerprint density at radius 2 is 2.00 bits per heavy atom. The maximum Gasteiger partial charge on any atom is 0.00424 e. The quantitative estimate of drug-likeness (QED) is 0.786. The van der Waals surface area contributed by atoms with Gasteiger partial charge in [-0.1, -0.05) is 29.8 Å². The lowest BCUT2D eigenvalue weighted by Crippen LogP contribution is -2.23. The van der Waals surface area contributed by atoms with E-state index in [1.165, 1.54) is 17.5 Å². The number of nitrogens with zero attached hydrogens (tertiary/aromatic N) is 1. The summed E-state index contributed by atoms with van der Waals surface area (Å²) < 4.78 is 0. The maximum atomic E-state index is 6.13. The zero-order valence-electron chi connectivity index (χ0n) is 11.4. The number of rotatable bonds is 7. The van der Waals surface area contributed by atoms with Crippen LogP contribution in [0.15, 0.2) is 24.3 Å². The third-order valence-electron chi connectivity index (χ3n) is 3.07. The van der Waals surface area contributed by atoms with Gasteiger partial charge in [0.25, 0.3) is 0 Å². The number of nitrogens with two attached hydrogens (primary N) is 1. The van der Waals surface area contributed by atoms with Crippen molar-refractivity contribution in [3.8, 4) is 0 Å². The van der Waals surface area contributed by atoms with Crippen molar-refractivity contribution in [3.05, 3.63) is 35.4 Å². The normalized spacial score (nSPS) is 13.0. The summed E-state index contributed by atoms with van der Waals surface area (Å²) in [4.78, 5) is 2.22. The molecule has 0 aliphatic rings. The highest BCUT2D eigenvalue weighted by Crippen LogP contribution is 2.09. The lowest BCUT2D eigenvalue weighted by atomic mass is 10.0. The second-order valence-electron chi connectivity index (χ2n) is 5.23. The Morgan fingerprint density at radius 3 is 2.65 bits per heavy atom. The monoisotopic (exact) mass is 234 g/mol. The molecule has 1 unspecified atom stereocenters. The smallest absolute Gasteiger partial charge is 0.00424 e. The van der Waals surface area contributed by atoms with Crippen LogP contribution in [-0.2, 0) is 6.42 Å². The van der Waals surface area contributed by atoms with Crippen LogP contribution in [0.5, 0.6) is 0 Å². The van der Waals surface area contributed by atoms with E-state index in [2.05, 4.69) is 50.2 Å². The molecule has 0 heterocycles. The van der Waals surface area contributed by atoms with E-state index in [1.54, 1.807) is 0 Å². The molecule has 1 aromatic rings. The van der Waals surface area contributed by atoms with E-state index < -0.39 is 0 Å². The molecule has 0 saturated heterocycles. The van der Waals surface area contributed by atoms with Crippen molar-refractivity contribution >= 4 is 0 Å². The number of benzene rings is 1. The minimum Gasteiger partial charge on any atom is -0.328 e. The Balaban J connectivity index is 2.21. The van der Waals surface area contributed by atoms with Crippen LogP contribution in [0, 0.1) is 6.92 Å². The lowest BCUT2D eigenvalue weighted by Gasteiger charge is -2.14. The first-order chi connectivity index (χ1) is 8.08. The van der Waals surface area contributed by atoms with Gasteiger partial charge in [0.15, 0.2) is 0 Å². The second kappa shape index (κ2) is 7.46. The molecule has 96 valence electrons. The largest absolute Gasteiger partial charge is 0.328 e. The van der Waals surface area contributed by atoms with Crippen LogP contribution >= 0.6 is 0 Å². The molecule has 0 bridgehead atoms. The van der Waals surface area contributed by atoms with Crippen molar-refractivity contribution in [2.75, 3.05) is 20.6 Å². The van der Waals surface area contributed by atoms with E-state index in [1.807, 2.05) is 0 Å². The Hall–Kier alpha value is -0.860. The molecule has 1 aromatic carbocycles. The summed E-state index contributed by atoms with van der Waals surface area (Å²) in [6.07, 6.45) is 4.52. The molecular weight excluding hydrogens is 208 g/mol. The first kappa shape index (κ1) is 14.2. The van der Waals surface area contributed by atoms with Crippen molar-refractivity contribution in [2.24, 2.45) is 5.73 Å². The average molecular weight is 234 g/mol. The molecule has 2 N–H and O–H groups in total. The van der Waals surface area contributed by atoms with Gasteiger partial charge in [0.2, 0.25) is 0 Å². The Morgan fingerprint density at radius 1 is 1.24 bits per heavy atom. The van der Waals surface area contributed by atoms with E-state index >= 15 is 0 Å². The van der Waals surface area contributed by atoms with Gasteiger partial charge in [-0.3, -0.25) is 0 Å². The lowest BCUT2D eigenvalue weighted by molar-refractivity contribution is 0.381. The summed E-state index contributed by atoms with van der Waals surface area (Å²) >= 11 is 0.